The highest BCUT2D eigenvalue weighted by Gasteiger charge is 2.12. The first-order valence-corrected chi connectivity index (χ1v) is 9.49. The lowest BCUT2D eigenvalue weighted by molar-refractivity contribution is 0.102. The minimum Gasteiger partial charge on any atom is -0.372 e. The van der Waals surface area contributed by atoms with Gasteiger partial charge in [-0.15, -0.1) is 0 Å². The second-order valence-corrected chi connectivity index (χ2v) is 6.98. The summed E-state index contributed by atoms with van der Waals surface area (Å²) in [4.78, 5) is 23.2. The Labute approximate surface area is 164 Å². The van der Waals surface area contributed by atoms with Crippen molar-refractivity contribution >= 4 is 28.8 Å². The molecule has 0 atom stereocenters. The average molecular weight is 373 g/mol. The normalized spacial score (nSPS) is 13.4. The number of amides is 1. The van der Waals surface area contributed by atoms with Crippen molar-refractivity contribution in [1.82, 2.24) is 9.97 Å². The van der Waals surface area contributed by atoms with E-state index in [0.29, 0.717) is 11.5 Å². The van der Waals surface area contributed by atoms with E-state index in [4.69, 9.17) is 0 Å². The second-order valence-electron chi connectivity index (χ2n) is 6.98. The van der Waals surface area contributed by atoms with Gasteiger partial charge in [0.15, 0.2) is 0 Å². The Bertz CT molecular complexity index is 965. The van der Waals surface area contributed by atoms with E-state index < -0.39 is 0 Å². The number of hydrogen-bond acceptors (Lipinski definition) is 5. The Morgan fingerprint density at radius 1 is 0.964 bits per heavy atom. The zero-order chi connectivity index (χ0) is 19.3. The maximum absolute atomic E-state index is 12.5. The summed E-state index contributed by atoms with van der Waals surface area (Å²) in [6, 6.07) is 17.6. The topological polar surface area (TPSA) is 70.2 Å². The molecular weight excluding hydrogens is 350 g/mol. The molecule has 2 heterocycles. The fourth-order valence-corrected chi connectivity index (χ4v) is 3.35. The van der Waals surface area contributed by atoms with Crippen LogP contribution < -0.4 is 15.5 Å². The predicted molar refractivity (Wildman–Crippen MR) is 112 cm³/mol. The van der Waals surface area contributed by atoms with Crippen molar-refractivity contribution in [1.29, 1.82) is 0 Å². The van der Waals surface area contributed by atoms with Gasteiger partial charge in [-0.3, -0.25) is 4.79 Å². The van der Waals surface area contributed by atoms with E-state index in [2.05, 4.69) is 37.6 Å². The summed E-state index contributed by atoms with van der Waals surface area (Å²) in [7, 11) is 0. The Morgan fingerprint density at radius 2 is 1.75 bits per heavy atom. The first kappa shape index (κ1) is 18.0. The summed E-state index contributed by atoms with van der Waals surface area (Å²) < 4.78 is 0. The average Bonchev–Trinajstić information content (AvgIpc) is 3.24. The molecule has 2 N–H and O–H groups in total. The van der Waals surface area contributed by atoms with Gasteiger partial charge in [0.05, 0.1) is 0 Å². The van der Waals surface area contributed by atoms with Gasteiger partial charge in [-0.25, -0.2) is 9.97 Å². The van der Waals surface area contributed by atoms with Gasteiger partial charge in [0, 0.05) is 36.2 Å². The van der Waals surface area contributed by atoms with E-state index in [1.807, 2.05) is 43.3 Å². The minimum absolute atomic E-state index is 0.263. The lowest BCUT2D eigenvalue weighted by Gasteiger charge is -2.17. The van der Waals surface area contributed by atoms with Gasteiger partial charge < -0.3 is 15.5 Å². The molecule has 1 aliphatic heterocycles. The highest BCUT2D eigenvalue weighted by molar-refractivity contribution is 6.03. The minimum atomic E-state index is -0.263. The maximum Gasteiger partial charge on any atom is 0.274 e. The molecule has 0 radical (unpaired) electrons. The van der Waals surface area contributed by atoms with Crippen LogP contribution in [0.1, 0.15) is 28.9 Å². The largest absolute Gasteiger partial charge is 0.372 e. The van der Waals surface area contributed by atoms with Crippen molar-refractivity contribution < 1.29 is 4.79 Å². The predicted octanol–water partition coefficient (Wildman–Crippen LogP) is 4.38. The molecule has 1 saturated heterocycles. The van der Waals surface area contributed by atoms with Crippen LogP contribution >= 0.6 is 0 Å². The van der Waals surface area contributed by atoms with Crippen LogP contribution in [-0.4, -0.2) is 29.0 Å². The zero-order valence-electron chi connectivity index (χ0n) is 15.9. The van der Waals surface area contributed by atoms with Gasteiger partial charge in [0.1, 0.15) is 17.8 Å². The number of nitrogens with zero attached hydrogens (tertiary/aromatic N) is 3. The zero-order valence-corrected chi connectivity index (χ0v) is 15.9. The molecule has 4 rings (SSSR count). The summed E-state index contributed by atoms with van der Waals surface area (Å²) >= 11 is 0. The number of hydrogen-bond donors (Lipinski definition) is 2. The summed E-state index contributed by atoms with van der Waals surface area (Å²) in [6.07, 6.45) is 3.91. The van der Waals surface area contributed by atoms with E-state index in [0.717, 1.165) is 30.0 Å². The van der Waals surface area contributed by atoms with Crippen LogP contribution in [0.5, 0.6) is 0 Å². The van der Waals surface area contributed by atoms with Crippen LogP contribution in [0.4, 0.5) is 22.9 Å². The van der Waals surface area contributed by atoms with Gasteiger partial charge in [-0.2, -0.15) is 0 Å². The Hall–Kier alpha value is -3.41. The van der Waals surface area contributed by atoms with Crippen LogP contribution in [0.15, 0.2) is 60.9 Å². The molecule has 1 aromatic heterocycles. The maximum atomic E-state index is 12.5. The molecule has 6 nitrogen and oxygen atoms in total. The monoisotopic (exact) mass is 373 g/mol. The van der Waals surface area contributed by atoms with E-state index in [9.17, 15) is 4.79 Å². The number of aromatic nitrogens is 2. The van der Waals surface area contributed by atoms with Gasteiger partial charge in [0.25, 0.3) is 5.91 Å². The van der Waals surface area contributed by atoms with Gasteiger partial charge in [0.2, 0.25) is 0 Å². The molecule has 142 valence electrons. The first-order chi connectivity index (χ1) is 13.7. The summed E-state index contributed by atoms with van der Waals surface area (Å²) in [5.74, 6) is 0.318. The molecular formula is C22H23N5O. The van der Waals surface area contributed by atoms with E-state index in [-0.39, 0.29) is 5.91 Å². The van der Waals surface area contributed by atoms with Crippen molar-refractivity contribution in [2.75, 3.05) is 28.6 Å². The smallest absolute Gasteiger partial charge is 0.274 e. The molecule has 1 fully saturated rings. The quantitative estimate of drug-likeness (QED) is 0.694. The number of benzene rings is 2. The lowest BCUT2D eigenvalue weighted by atomic mass is 10.2. The molecule has 0 saturated carbocycles. The van der Waals surface area contributed by atoms with Gasteiger partial charge in [-0.1, -0.05) is 12.1 Å². The fourth-order valence-electron chi connectivity index (χ4n) is 3.35. The summed E-state index contributed by atoms with van der Waals surface area (Å²) in [6.45, 7) is 4.23. The van der Waals surface area contributed by atoms with E-state index in [1.54, 1.807) is 6.07 Å². The lowest BCUT2D eigenvalue weighted by Crippen LogP contribution is -2.17. The van der Waals surface area contributed by atoms with Crippen LogP contribution in [-0.2, 0) is 0 Å². The summed E-state index contributed by atoms with van der Waals surface area (Å²) in [5, 5.41) is 6.11. The highest BCUT2D eigenvalue weighted by atomic mass is 16.1. The second kappa shape index (κ2) is 8.08. The third-order valence-electron chi connectivity index (χ3n) is 4.79. The van der Waals surface area contributed by atoms with E-state index in [1.165, 1.54) is 24.9 Å². The molecule has 3 aromatic rings. The summed E-state index contributed by atoms with van der Waals surface area (Å²) in [5.41, 5.74) is 4.30. The Morgan fingerprint density at radius 3 is 2.50 bits per heavy atom. The molecule has 28 heavy (non-hydrogen) atoms. The third kappa shape index (κ3) is 4.28. The number of aryl methyl sites for hydroxylation is 1. The molecule has 1 aliphatic rings. The van der Waals surface area contributed by atoms with Crippen molar-refractivity contribution in [3.63, 3.8) is 0 Å². The standard InChI is InChI=1S/C22H23N5O/c1-16-5-4-6-18(13-16)26-22(28)20-14-21(24-15-23-20)25-17-7-9-19(10-8-17)27-11-2-3-12-27/h4-10,13-15H,2-3,11-12H2,1H3,(H,26,28)(H,23,24,25). The third-order valence-corrected chi connectivity index (χ3v) is 4.79. The fraction of sp³-hybridized carbons (Fsp3) is 0.227. The Kier molecular flexibility index (Phi) is 5.19. The van der Waals surface area contributed by atoms with Crippen molar-refractivity contribution in [3.05, 3.63) is 72.2 Å². The van der Waals surface area contributed by atoms with Crippen molar-refractivity contribution in [3.8, 4) is 0 Å². The molecule has 6 heteroatoms. The molecule has 0 aliphatic carbocycles. The highest BCUT2D eigenvalue weighted by Crippen LogP contribution is 2.23. The Balaban J connectivity index is 1.44. The molecule has 2 aromatic carbocycles. The van der Waals surface area contributed by atoms with Crippen LogP contribution in [0.2, 0.25) is 0 Å². The molecule has 0 spiro atoms. The first-order valence-electron chi connectivity index (χ1n) is 9.49. The number of rotatable bonds is 5. The van der Waals surface area contributed by atoms with Crippen LogP contribution in [0.3, 0.4) is 0 Å². The number of carbonyl (C=O) groups excluding carboxylic acids is 1. The molecule has 1 amide bonds. The van der Waals surface area contributed by atoms with Gasteiger partial charge in [-0.05, 0) is 61.7 Å². The van der Waals surface area contributed by atoms with Crippen molar-refractivity contribution in [2.45, 2.75) is 19.8 Å². The van der Waals surface area contributed by atoms with Crippen LogP contribution in [0.25, 0.3) is 0 Å². The van der Waals surface area contributed by atoms with E-state index >= 15 is 0 Å². The SMILES string of the molecule is Cc1cccc(NC(=O)c2cc(Nc3ccc(N4CCCC4)cc3)ncn2)c1. The van der Waals surface area contributed by atoms with Crippen molar-refractivity contribution in [2.24, 2.45) is 0 Å². The van der Waals surface area contributed by atoms with Crippen LogP contribution in [0, 0.1) is 6.92 Å². The number of nitrogens with one attached hydrogen (secondary N) is 2. The molecule has 0 unspecified atom stereocenters. The van der Waals surface area contributed by atoms with Gasteiger partial charge >= 0.3 is 0 Å². The number of carbonyl (C=O) groups is 1. The molecule has 0 bridgehead atoms. The number of anilines is 4.